The van der Waals surface area contributed by atoms with Crippen molar-refractivity contribution in [1.29, 1.82) is 0 Å². The number of β-amino-alcohol motifs (C(OH)–C–C–N with tert-alkyl or cyclic N) is 1. The molecule has 0 aromatic heterocycles. The Morgan fingerprint density at radius 2 is 1.96 bits per heavy atom. The Labute approximate surface area is 148 Å². The number of benzene rings is 2. The summed E-state index contributed by atoms with van der Waals surface area (Å²) in [6, 6.07) is 16.7. The van der Waals surface area contributed by atoms with Gasteiger partial charge in [-0.1, -0.05) is 30.3 Å². The molecule has 5 heteroatoms. The number of rotatable bonds is 6. The zero-order valence-corrected chi connectivity index (χ0v) is 14.4. The van der Waals surface area contributed by atoms with E-state index in [9.17, 15) is 9.90 Å². The van der Waals surface area contributed by atoms with Gasteiger partial charge in [-0.2, -0.15) is 0 Å². The lowest BCUT2D eigenvalue weighted by Crippen LogP contribution is -2.41. The molecule has 25 heavy (non-hydrogen) atoms. The van der Waals surface area contributed by atoms with Crippen LogP contribution in [0.4, 0.5) is 5.69 Å². The summed E-state index contributed by atoms with van der Waals surface area (Å²) in [5, 5.41) is 13.4. The Balaban J connectivity index is 1.61. The van der Waals surface area contributed by atoms with Crippen molar-refractivity contribution in [1.82, 2.24) is 4.90 Å². The van der Waals surface area contributed by atoms with Crippen molar-refractivity contribution in [2.24, 2.45) is 0 Å². The number of anilines is 1. The van der Waals surface area contributed by atoms with E-state index in [0.717, 1.165) is 36.4 Å². The highest BCUT2D eigenvalue weighted by Crippen LogP contribution is 2.23. The molecule has 2 N–H and O–H groups in total. The number of nitrogens with zero attached hydrogens (tertiary/aromatic N) is 1. The lowest BCUT2D eigenvalue weighted by atomic mass is 10.1. The molecule has 1 aliphatic rings. The molecule has 3 rings (SSSR count). The maximum atomic E-state index is 12.6. The predicted molar refractivity (Wildman–Crippen MR) is 97.6 cm³/mol. The van der Waals surface area contributed by atoms with Gasteiger partial charge in [0.15, 0.2) is 0 Å². The summed E-state index contributed by atoms with van der Waals surface area (Å²) >= 11 is 0. The van der Waals surface area contributed by atoms with Gasteiger partial charge in [-0.3, -0.25) is 9.69 Å². The third-order valence-electron chi connectivity index (χ3n) is 4.62. The number of aliphatic hydroxyl groups excluding tert-OH is 1. The minimum atomic E-state index is -0.587. The highest BCUT2D eigenvalue weighted by Gasteiger charge is 2.32. The van der Waals surface area contributed by atoms with Gasteiger partial charge in [-0.15, -0.1) is 0 Å². The van der Waals surface area contributed by atoms with Crippen LogP contribution in [0.2, 0.25) is 0 Å². The molecule has 0 saturated carbocycles. The number of ether oxygens (including phenoxy) is 1. The van der Waals surface area contributed by atoms with Gasteiger partial charge in [0.2, 0.25) is 5.91 Å². The van der Waals surface area contributed by atoms with Gasteiger partial charge in [0.25, 0.3) is 0 Å². The first-order chi connectivity index (χ1) is 12.2. The summed E-state index contributed by atoms with van der Waals surface area (Å²) in [6.07, 6.45) is 1.18. The highest BCUT2D eigenvalue weighted by molar-refractivity contribution is 5.95. The van der Waals surface area contributed by atoms with E-state index < -0.39 is 6.10 Å². The van der Waals surface area contributed by atoms with Gasteiger partial charge in [0.1, 0.15) is 5.75 Å². The number of carbonyl (C=O) groups is 1. The molecule has 0 aliphatic carbocycles. The number of nitrogens with one attached hydrogen (secondary N) is 1. The highest BCUT2D eigenvalue weighted by atomic mass is 16.5. The number of carbonyl (C=O) groups excluding carboxylic acids is 1. The summed E-state index contributed by atoms with van der Waals surface area (Å²) in [6.45, 7) is 1.29. The Hall–Kier alpha value is -2.37. The standard InChI is InChI=1S/C20H24N2O3/c1-25-17-11-9-16(10-12-17)21-20(24)18-8-5-13-22(18)14-19(23)15-6-3-2-4-7-15/h2-4,6-7,9-12,18-19,23H,5,8,13-14H2,1H3,(H,21,24). The molecule has 2 atom stereocenters. The first-order valence-corrected chi connectivity index (χ1v) is 8.59. The molecule has 2 aromatic rings. The molecule has 1 fully saturated rings. The van der Waals surface area contributed by atoms with Crippen molar-refractivity contribution in [3.8, 4) is 5.75 Å². The van der Waals surface area contributed by atoms with Crippen LogP contribution in [0.3, 0.4) is 0 Å². The van der Waals surface area contributed by atoms with Crippen LogP contribution in [0.25, 0.3) is 0 Å². The largest absolute Gasteiger partial charge is 0.497 e. The van der Waals surface area contributed by atoms with E-state index in [0.29, 0.717) is 6.54 Å². The molecule has 2 unspecified atom stereocenters. The quantitative estimate of drug-likeness (QED) is 0.849. The second-order valence-electron chi connectivity index (χ2n) is 6.30. The molecule has 1 aliphatic heterocycles. The van der Waals surface area contributed by atoms with E-state index >= 15 is 0 Å². The zero-order chi connectivity index (χ0) is 17.6. The summed E-state index contributed by atoms with van der Waals surface area (Å²) < 4.78 is 5.13. The van der Waals surface area contributed by atoms with Crippen LogP contribution >= 0.6 is 0 Å². The summed E-state index contributed by atoms with van der Waals surface area (Å²) in [5.74, 6) is 0.731. The number of aliphatic hydroxyl groups is 1. The van der Waals surface area contributed by atoms with Crippen LogP contribution < -0.4 is 10.1 Å². The van der Waals surface area contributed by atoms with Crippen molar-refractivity contribution in [2.75, 3.05) is 25.5 Å². The van der Waals surface area contributed by atoms with Crippen LogP contribution in [0, 0.1) is 0 Å². The second-order valence-corrected chi connectivity index (χ2v) is 6.30. The van der Waals surface area contributed by atoms with Gasteiger partial charge < -0.3 is 15.2 Å². The van der Waals surface area contributed by atoms with Crippen molar-refractivity contribution in [3.05, 3.63) is 60.2 Å². The molecule has 1 amide bonds. The maximum absolute atomic E-state index is 12.6. The fourth-order valence-electron chi connectivity index (χ4n) is 3.24. The van der Waals surface area contributed by atoms with Crippen LogP contribution in [-0.2, 0) is 4.79 Å². The monoisotopic (exact) mass is 340 g/mol. The third kappa shape index (κ3) is 4.38. The maximum Gasteiger partial charge on any atom is 0.241 e. The molecular formula is C20H24N2O3. The first-order valence-electron chi connectivity index (χ1n) is 8.59. The van der Waals surface area contributed by atoms with E-state index in [1.807, 2.05) is 54.6 Å². The molecule has 5 nitrogen and oxygen atoms in total. The zero-order valence-electron chi connectivity index (χ0n) is 14.4. The van der Waals surface area contributed by atoms with Crippen molar-refractivity contribution in [3.63, 3.8) is 0 Å². The summed E-state index contributed by atoms with van der Waals surface area (Å²) in [7, 11) is 1.61. The van der Waals surface area contributed by atoms with Gasteiger partial charge in [0, 0.05) is 12.2 Å². The van der Waals surface area contributed by atoms with Crippen LogP contribution in [-0.4, -0.2) is 42.2 Å². The minimum Gasteiger partial charge on any atom is -0.497 e. The number of likely N-dealkylation sites (tertiary alicyclic amines) is 1. The topological polar surface area (TPSA) is 61.8 Å². The van der Waals surface area contributed by atoms with E-state index in [4.69, 9.17) is 4.74 Å². The summed E-state index contributed by atoms with van der Waals surface area (Å²) in [5.41, 5.74) is 1.63. The number of hydrogen-bond donors (Lipinski definition) is 2. The first kappa shape index (κ1) is 17.5. The molecule has 0 spiro atoms. The second kappa shape index (κ2) is 8.14. The van der Waals surface area contributed by atoms with Crippen LogP contribution in [0.1, 0.15) is 24.5 Å². The smallest absolute Gasteiger partial charge is 0.241 e. The third-order valence-corrected chi connectivity index (χ3v) is 4.62. The lowest BCUT2D eigenvalue weighted by Gasteiger charge is -2.26. The number of hydrogen-bond acceptors (Lipinski definition) is 4. The van der Waals surface area contributed by atoms with E-state index in [2.05, 4.69) is 10.2 Å². The SMILES string of the molecule is COc1ccc(NC(=O)C2CCCN2CC(O)c2ccccc2)cc1. The Morgan fingerprint density at radius 3 is 2.64 bits per heavy atom. The molecule has 0 bridgehead atoms. The molecular weight excluding hydrogens is 316 g/mol. The fourth-order valence-corrected chi connectivity index (χ4v) is 3.24. The van der Waals surface area contributed by atoms with Crippen LogP contribution in [0.15, 0.2) is 54.6 Å². The van der Waals surface area contributed by atoms with Crippen LogP contribution in [0.5, 0.6) is 5.75 Å². The normalized spacial score (nSPS) is 18.7. The van der Waals surface area contributed by atoms with Crippen molar-refractivity contribution >= 4 is 11.6 Å². The van der Waals surface area contributed by atoms with Gasteiger partial charge in [-0.25, -0.2) is 0 Å². The minimum absolute atomic E-state index is 0.0251. The Morgan fingerprint density at radius 1 is 1.24 bits per heavy atom. The predicted octanol–water partition coefficient (Wildman–Crippen LogP) is 2.83. The molecule has 1 heterocycles. The van der Waals surface area contributed by atoms with Crippen molar-refractivity contribution in [2.45, 2.75) is 25.0 Å². The van der Waals surface area contributed by atoms with Crippen molar-refractivity contribution < 1.29 is 14.6 Å². The molecule has 132 valence electrons. The number of methoxy groups -OCH3 is 1. The average Bonchev–Trinajstić information content (AvgIpc) is 3.11. The van der Waals surface area contributed by atoms with E-state index in [-0.39, 0.29) is 11.9 Å². The van der Waals surface area contributed by atoms with E-state index in [1.54, 1.807) is 7.11 Å². The Bertz CT molecular complexity index is 688. The van der Waals surface area contributed by atoms with Gasteiger partial charge in [-0.05, 0) is 49.2 Å². The van der Waals surface area contributed by atoms with E-state index in [1.165, 1.54) is 0 Å². The van der Waals surface area contributed by atoms with Gasteiger partial charge >= 0.3 is 0 Å². The number of amides is 1. The molecule has 1 saturated heterocycles. The molecule has 0 radical (unpaired) electrons. The molecule has 2 aromatic carbocycles. The average molecular weight is 340 g/mol. The summed E-state index contributed by atoms with van der Waals surface area (Å²) in [4.78, 5) is 14.7. The lowest BCUT2D eigenvalue weighted by molar-refractivity contribution is -0.120. The Kier molecular flexibility index (Phi) is 5.68. The fraction of sp³-hybridized carbons (Fsp3) is 0.350. The van der Waals surface area contributed by atoms with Gasteiger partial charge in [0.05, 0.1) is 19.3 Å².